The Labute approximate surface area is 194 Å². The second kappa shape index (κ2) is 10.5. The molecule has 1 heterocycles. The Kier molecular flexibility index (Phi) is 7.92. The molecule has 0 atom stereocenters. The predicted octanol–water partition coefficient (Wildman–Crippen LogP) is 3.66. The van der Waals surface area contributed by atoms with E-state index in [1.54, 1.807) is 48.5 Å². The number of piperidine rings is 1. The highest BCUT2D eigenvalue weighted by molar-refractivity contribution is 7.88. The SMILES string of the molecule is CC(C)NC(=O)c1ccccc1NC(=O)C1CCN(S(=O)(=O)Cc2cccc(Cl)c2)CC1. The zero-order valence-corrected chi connectivity index (χ0v) is 19.7. The van der Waals surface area contributed by atoms with E-state index in [4.69, 9.17) is 11.6 Å². The van der Waals surface area contributed by atoms with Crippen LogP contribution in [0.5, 0.6) is 0 Å². The van der Waals surface area contributed by atoms with Gasteiger partial charge in [-0.2, -0.15) is 0 Å². The summed E-state index contributed by atoms with van der Waals surface area (Å²) in [6, 6.07) is 13.6. The molecule has 2 amide bonds. The molecule has 0 aliphatic carbocycles. The van der Waals surface area contributed by atoms with Crippen LogP contribution in [-0.4, -0.2) is 43.7 Å². The highest BCUT2D eigenvalue weighted by atomic mass is 35.5. The minimum absolute atomic E-state index is 0.0237. The Balaban J connectivity index is 1.60. The van der Waals surface area contributed by atoms with Crippen LogP contribution in [0.15, 0.2) is 48.5 Å². The Morgan fingerprint density at radius 2 is 1.78 bits per heavy atom. The summed E-state index contributed by atoms with van der Waals surface area (Å²) in [6.45, 7) is 4.29. The number of carbonyl (C=O) groups is 2. The van der Waals surface area contributed by atoms with Crippen LogP contribution in [0.25, 0.3) is 0 Å². The molecule has 7 nitrogen and oxygen atoms in total. The molecule has 1 aliphatic rings. The number of nitrogens with zero attached hydrogens (tertiary/aromatic N) is 1. The van der Waals surface area contributed by atoms with Gasteiger partial charge in [0, 0.05) is 30.1 Å². The number of halogens is 1. The van der Waals surface area contributed by atoms with Crippen molar-refractivity contribution < 1.29 is 18.0 Å². The molecule has 0 spiro atoms. The zero-order valence-electron chi connectivity index (χ0n) is 18.2. The summed E-state index contributed by atoms with van der Waals surface area (Å²) in [5, 5.41) is 6.17. The number of benzene rings is 2. The van der Waals surface area contributed by atoms with Gasteiger partial charge in [0.05, 0.1) is 17.0 Å². The Hall–Kier alpha value is -2.42. The van der Waals surface area contributed by atoms with Crippen molar-refractivity contribution in [1.82, 2.24) is 9.62 Å². The standard InChI is InChI=1S/C23H28ClN3O4S/c1-16(2)25-23(29)20-8-3-4-9-21(20)26-22(28)18-10-12-27(13-11-18)32(30,31)15-17-6-5-7-19(24)14-17/h3-9,14,16,18H,10-13,15H2,1-2H3,(H,25,29)(H,26,28). The van der Waals surface area contributed by atoms with Gasteiger partial charge >= 0.3 is 0 Å². The minimum atomic E-state index is -3.50. The fraction of sp³-hybridized carbons (Fsp3) is 0.391. The zero-order chi connectivity index (χ0) is 23.3. The maximum atomic E-state index is 12.8. The van der Waals surface area contributed by atoms with Crippen LogP contribution in [0.2, 0.25) is 5.02 Å². The molecule has 2 aromatic carbocycles. The van der Waals surface area contributed by atoms with Crippen LogP contribution in [0.1, 0.15) is 42.6 Å². The lowest BCUT2D eigenvalue weighted by Gasteiger charge is -2.30. The number of anilines is 1. The van der Waals surface area contributed by atoms with Gasteiger partial charge in [0.25, 0.3) is 5.91 Å². The minimum Gasteiger partial charge on any atom is -0.350 e. The highest BCUT2D eigenvalue weighted by Gasteiger charge is 2.31. The second-order valence-electron chi connectivity index (χ2n) is 8.22. The van der Waals surface area contributed by atoms with Crippen LogP contribution in [0.4, 0.5) is 5.69 Å². The predicted molar refractivity (Wildman–Crippen MR) is 126 cm³/mol. The Morgan fingerprint density at radius 1 is 1.09 bits per heavy atom. The molecule has 0 saturated carbocycles. The van der Waals surface area contributed by atoms with Gasteiger partial charge in [-0.1, -0.05) is 35.9 Å². The molecule has 3 rings (SSSR count). The molecule has 32 heavy (non-hydrogen) atoms. The van der Waals surface area contributed by atoms with Crippen molar-refractivity contribution in [2.75, 3.05) is 18.4 Å². The number of para-hydroxylation sites is 1. The van der Waals surface area contributed by atoms with Gasteiger partial charge in [-0.15, -0.1) is 0 Å². The van der Waals surface area contributed by atoms with Crippen molar-refractivity contribution >= 4 is 39.1 Å². The number of carbonyl (C=O) groups excluding carboxylic acids is 2. The van der Waals surface area contributed by atoms with Gasteiger partial charge in [-0.3, -0.25) is 9.59 Å². The van der Waals surface area contributed by atoms with E-state index in [-0.39, 0.29) is 42.6 Å². The summed E-state index contributed by atoms with van der Waals surface area (Å²) >= 11 is 5.96. The van der Waals surface area contributed by atoms with E-state index < -0.39 is 10.0 Å². The first kappa shape index (κ1) is 24.2. The summed E-state index contributed by atoms with van der Waals surface area (Å²) in [5.74, 6) is -0.906. The molecule has 1 fully saturated rings. The smallest absolute Gasteiger partial charge is 0.253 e. The number of rotatable bonds is 7. The topological polar surface area (TPSA) is 95.6 Å². The lowest BCUT2D eigenvalue weighted by molar-refractivity contribution is -0.120. The molecule has 0 aromatic heterocycles. The van der Waals surface area contributed by atoms with Crippen molar-refractivity contribution in [3.63, 3.8) is 0 Å². The van der Waals surface area contributed by atoms with E-state index in [1.807, 2.05) is 13.8 Å². The highest BCUT2D eigenvalue weighted by Crippen LogP contribution is 2.25. The van der Waals surface area contributed by atoms with Gasteiger partial charge in [-0.25, -0.2) is 12.7 Å². The molecular formula is C23H28ClN3O4S. The molecule has 9 heteroatoms. The monoisotopic (exact) mass is 477 g/mol. The molecule has 0 bridgehead atoms. The number of amides is 2. The average Bonchev–Trinajstić information content (AvgIpc) is 2.73. The third-order valence-electron chi connectivity index (χ3n) is 5.31. The molecule has 2 aromatic rings. The third kappa shape index (κ3) is 6.31. The van der Waals surface area contributed by atoms with Crippen LogP contribution >= 0.6 is 11.6 Å². The molecular weight excluding hydrogens is 450 g/mol. The van der Waals surface area contributed by atoms with E-state index in [0.29, 0.717) is 34.7 Å². The Bertz CT molecular complexity index is 1080. The number of hydrogen-bond acceptors (Lipinski definition) is 4. The summed E-state index contributed by atoms with van der Waals surface area (Å²) in [4.78, 5) is 25.2. The Morgan fingerprint density at radius 3 is 2.44 bits per heavy atom. The maximum Gasteiger partial charge on any atom is 0.253 e. The van der Waals surface area contributed by atoms with Gasteiger partial charge in [0.2, 0.25) is 15.9 Å². The quantitative estimate of drug-likeness (QED) is 0.636. The second-order valence-corrected chi connectivity index (χ2v) is 10.6. The van der Waals surface area contributed by atoms with E-state index in [1.165, 1.54) is 4.31 Å². The summed E-state index contributed by atoms with van der Waals surface area (Å²) in [7, 11) is -3.50. The first-order valence-electron chi connectivity index (χ1n) is 10.6. The van der Waals surface area contributed by atoms with E-state index in [0.717, 1.165) is 0 Å². The molecule has 172 valence electrons. The molecule has 0 unspecified atom stereocenters. The van der Waals surface area contributed by atoms with E-state index in [9.17, 15) is 18.0 Å². The van der Waals surface area contributed by atoms with Gasteiger partial charge < -0.3 is 10.6 Å². The maximum absolute atomic E-state index is 12.8. The normalized spacial score (nSPS) is 15.5. The van der Waals surface area contributed by atoms with Crippen LogP contribution in [0, 0.1) is 5.92 Å². The van der Waals surface area contributed by atoms with E-state index in [2.05, 4.69) is 10.6 Å². The van der Waals surface area contributed by atoms with Crippen LogP contribution < -0.4 is 10.6 Å². The van der Waals surface area contributed by atoms with Crippen molar-refractivity contribution in [1.29, 1.82) is 0 Å². The van der Waals surface area contributed by atoms with Gasteiger partial charge in [0.1, 0.15) is 0 Å². The van der Waals surface area contributed by atoms with Gasteiger partial charge in [-0.05, 0) is 56.5 Å². The van der Waals surface area contributed by atoms with Crippen LogP contribution in [0.3, 0.4) is 0 Å². The number of nitrogens with one attached hydrogen (secondary N) is 2. The number of sulfonamides is 1. The molecule has 1 aliphatic heterocycles. The van der Waals surface area contributed by atoms with E-state index >= 15 is 0 Å². The summed E-state index contributed by atoms with van der Waals surface area (Å²) in [5.41, 5.74) is 1.48. The van der Waals surface area contributed by atoms with Crippen LogP contribution in [-0.2, 0) is 20.6 Å². The average molecular weight is 478 g/mol. The van der Waals surface area contributed by atoms with Gasteiger partial charge in [0.15, 0.2) is 0 Å². The van der Waals surface area contributed by atoms with Crippen molar-refractivity contribution in [2.24, 2.45) is 5.92 Å². The third-order valence-corrected chi connectivity index (χ3v) is 7.39. The molecule has 0 radical (unpaired) electrons. The lowest BCUT2D eigenvalue weighted by Crippen LogP contribution is -2.42. The first-order chi connectivity index (χ1) is 15.2. The summed E-state index contributed by atoms with van der Waals surface area (Å²) in [6.07, 6.45) is 0.835. The molecule has 1 saturated heterocycles. The summed E-state index contributed by atoms with van der Waals surface area (Å²) < 4.78 is 27.0. The fourth-order valence-electron chi connectivity index (χ4n) is 3.69. The van der Waals surface area contributed by atoms with Crippen molar-refractivity contribution in [3.8, 4) is 0 Å². The first-order valence-corrected chi connectivity index (χ1v) is 12.6. The van der Waals surface area contributed by atoms with Crippen molar-refractivity contribution in [2.45, 2.75) is 38.5 Å². The fourth-order valence-corrected chi connectivity index (χ4v) is 5.45. The lowest BCUT2D eigenvalue weighted by atomic mass is 9.97. The number of hydrogen-bond donors (Lipinski definition) is 2. The molecule has 2 N–H and O–H groups in total. The van der Waals surface area contributed by atoms with Crippen molar-refractivity contribution in [3.05, 3.63) is 64.7 Å². The largest absolute Gasteiger partial charge is 0.350 e.